The second kappa shape index (κ2) is 6.59. The number of rotatable bonds is 2. The van der Waals surface area contributed by atoms with Crippen LogP contribution in [0.25, 0.3) is 0 Å². The summed E-state index contributed by atoms with van der Waals surface area (Å²) in [4.78, 5) is 26.3. The summed E-state index contributed by atoms with van der Waals surface area (Å²) in [6.45, 7) is 3.06. The number of aryl methyl sites for hydroxylation is 2. The summed E-state index contributed by atoms with van der Waals surface area (Å²) in [5, 5.41) is 0. The van der Waals surface area contributed by atoms with Gasteiger partial charge in [0.2, 0.25) is 0 Å². The van der Waals surface area contributed by atoms with Gasteiger partial charge >= 0.3 is 0 Å². The van der Waals surface area contributed by atoms with Crippen molar-refractivity contribution in [3.63, 3.8) is 0 Å². The molecule has 0 aliphatic carbocycles. The topological polar surface area (TPSA) is 42.3 Å². The fourth-order valence-electron chi connectivity index (χ4n) is 3.33. The maximum absolute atomic E-state index is 13.0. The lowest BCUT2D eigenvalue weighted by Gasteiger charge is -2.32. The number of carbonyl (C=O) groups is 1. The van der Waals surface area contributed by atoms with Crippen molar-refractivity contribution in [3.8, 4) is 0 Å². The molecule has 1 aromatic heterocycles. The lowest BCUT2D eigenvalue weighted by Crippen LogP contribution is -2.38. The molecule has 0 spiro atoms. The van der Waals surface area contributed by atoms with E-state index in [-0.39, 0.29) is 17.3 Å². The summed E-state index contributed by atoms with van der Waals surface area (Å²) in [6.07, 6.45) is 3.33. The van der Waals surface area contributed by atoms with Gasteiger partial charge in [-0.25, -0.2) is 4.39 Å². The van der Waals surface area contributed by atoms with Crippen molar-refractivity contribution in [1.29, 1.82) is 0 Å². The maximum Gasteiger partial charge on any atom is 0.255 e. The Morgan fingerprint density at radius 2 is 1.79 bits per heavy atom. The van der Waals surface area contributed by atoms with E-state index >= 15 is 0 Å². The minimum Gasteiger partial charge on any atom is -0.339 e. The van der Waals surface area contributed by atoms with E-state index in [1.807, 2.05) is 17.0 Å². The van der Waals surface area contributed by atoms with Crippen molar-refractivity contribution in [3.05, 3.63) is 69.4 Å². The molecule has 1 aromatic carbocycles. The van der Waals surface area contributed by atoms with E-state index in [0.29, 0.717) is 30.1 Å². The monoisotopic (exact) mass is 328 g/mol. The lowest BCUT2D eigenvalue weighted by atomic mass is 9.89. The van der Waals surface area contributed by atoms with E-state index in [2.05, 4.69) is 0 Å². The first kappa shape index (κ1) is 16.4. The van der Waals surface area contributed by atoms with Crippen LogP contribution in [0.5, 0.6) is 0 Å². The van der Waals surface area contributed by atoms with Crippen molar-refractivity contribution in [2.75, 3.05) is 13.1 Å². The highest BCUT2D eigenvalue weighted by Crippen LogP contribution is 2.28. The number of likely N-dealkylation sites (tertiary alicyclic amines) is 1. The number of hydrogen-bond acceptors (Lipinski definition) is 2. The Morgan fingerprint density at radius 3 is 2.38 bits per heavy atom. The van der Waals surface area contributed by atoms with E-state index in [1.54, 1.807) is 26.2 Å². The molecule has 3 rings (SSSR count). The van der Waals surface area contributed by atoms with E-state index in [0.717, 1.165) is 18.4 Å². The molecule has 1 saturated heterocycles. The van der Waals surface area contributed by atoms with Gasteiger partial charge in [0, 0.05) is 31.9 Å². The molecule has 5 heteroatoms. The Hall–Kier alpha value is -2.43. The minimum absolute atomic E-state index is 0.0359. The van der Waals surface area contributed by atoms with Gasteiger partial charge in [0.15, 0.2) is 0 Å². The molecule has 126 valence electrons. The second-order valence-electron chi connectivity index (χ2n) is 6.45. The molecule has 4 nitrogen and oxygen atoms in total. The molecule has 0 N–H and O–H groups in total. The first-order chi connectivity index (χ1) is 11.5. The highest BCUT2D eigenvalue weighted by Gasteiger charge is 2.25. The SMILES string of the molecule is Cc1cc(C(=O)N2CCC(c3ccc(F)cc3)CC2)cn(C)c1=O. The van der Waals surface area contributed by atoms with E-state index in [9.17, 15) is 14.0 Å². The standard InChI is InChI=1S/C19H21FN2O2/c1-13-11-16(12-21(2)18(13)23)19(24)22-9-7-15(8-10-22)14-3-5-17(20)6-4-14/h3-6,11-12,15H,7-10H2,1-2H3. The Labute approximate surface area is 140 Å². The van der Waals surface area contributed by atoms with Gasteiger partial charge in [0.25, 0.3) is 11.5 Å². The normalized spacial score (nSPS) is 15.5. The van der Waals surface area contributed by atoms with Crippen molar-refractivity contribution in [2.24, 2.45) is 7.05 Å². The van der Waals surface area contributed by atoms with Crippen LogP contribution in [0.15, 0.2) is 41.3 Å². The van der Waals surface area contributed by atoms with Crippen LogP contribution < -0.4 is 5.56 Å². The quantitative estimate of drug-likeness (QED) is 0.851. The fraction of sp³-hybridized carbons (Fsp3) is 0.368. The van der Waals surface area contributed by atoms with Crippen LogP contribution in [0.2, 0.25) is 0 Å². The molecule has 1 amide bonds. The van der Waals surface area contributed by atoms with Gasteiger partial charge < -0.3 is 9.47 Å². The largest absolute Gasteiger partial charge is 0.339 e. The summed E-state index contributed by atoms with van der Waals surface area (Å²) in [5.74, 6) is 0.0965. The van der Waals surface area contributed by atoms with Crippen molar-refractivity contribution < 1.29 is 9.18 Å². The molecule has 0 radical (unpaired) electrons. The third kappa shape index (κ3) is 3.25. The number of carbonyl (C=O) groups excluding carboxylic acids is 1. The fourth-order valence-corrected chi connectivity index (χ4v) is 3.33. The van der Waals surface area contributed by atoms with Gasteiger partial charge in [-0.15, -0.1) is 0 Å². The van der Waals surface area contributed by atoms with Crippen molar-refractivity contribution in [1.82, 2.24) is 9.47 Å². The number of halogens is 1. The minimum atomic E-state index is -0.226. The molecule has 2 aromatic rings. The Kier molecular flexibility index (Phi) is 4.51. The lowest BCUT2D eigenvalue weighted by molar-refractivity contribution is 0.0712. The van der Waals surface area contributed by atoms with Gasteiger partial charge in [-0.05, 0) is 49.4 Å². The zero-order valence-corrected chi connectivity index (χ0v) is 14.0. The number of pyridine rings is 1. The van der Waals surface area contributed by atoms with Gasteiger partial charge in [0.1, 0.15) is 5.82 Å². The number of nitrogens with zero attached hydrogens (tertiary/aromatic N) is 2. The average molecular weight is 328 g/mol. The molecular formula is C19H21FN2O2. The number of amides is 1. The highest BCUT2D eigenvalue weighted by molar-refractivity contribution is 5.94. The third-order valence-corrected chi connectivity index (χ3v) is 4.73. The Balaban J connectivity index is 1.69. The molecule has 1 fully saturated rings. The summed E-state index contributed by atoms with van der Waals surface area (Å²) < 4.78 is 14.5. The smallest absolute Gasteiger partial charge is 0.255 e. The first-order valence-corrected chi connectivity index (χ1v) is 8.17. The van der Waals surface area contributed by atoms with Crippen LogP contribution in [0, 0.1) is 12.7 Å². The molecule has 24 heavy (non-hydrogen) atoms. The predicted octanol–water partition coefficient (Wildman–Crippen LogP) is 2.85. The molecule has 2 heterocycles. The second-order valence-corrected chi connectivity index (χ2v) is 6.45. The van der Waals surface area contributed by atoms with E-state index in [1.165, 1.54) is 16.7 Å². The van der Waals surface area contributed by atoms with Crippen LogP contribution in [0.3, 0.4) is 0 Å². The van der Waals surface area contributed by atoms with Crippen LogP contribution in [-0.4, -0.2) is 28.5 Å². The number of benzene rings is 1. The van der Waals surface area contributed by atoms with Crippen LogP contribution in [-0.2, 0) is 7.05 Å². The van der Waals surface area contributed by atoms with Crippen LogP contribution in [0.1, 0.15) is 40.2 Å². The van der Waals surface area contributed by atoms with E-state index < -0.39 is 0 Å². The summed E-state index contributed by atoms with van der Waals surface area (Å²) in [6, 6.07) is 8.29. The Morgan fingerprint density at radius 1 is 1.17 bits per heavy atom. The van der Waals surface area contributed by atoms with Crippen LogP contribution in [0.4, 0.5) is 4.39 Å². The van der Waals surface area contributed by atoms with Gasteiger partial charge in [-0.2, -0.15) is 0 Å². The number of aromatic nitrogens is 1. The third-order valence-electron chi connectivity index (χ3n) is 4.73. The molecular weight excluding hydrogens is 307 g/mol. The molecule has 0 unspecified atom stereocenters. The average Bonchev–Trinajstić information content (AvgIpc) is 2.59. The highest BCUT2D eigenvalue weighted by atomic mass is 19.1. The molecule has 0 saturated carbocycles. The van der Waals surface area contributed by atoms with Crippen LogP contribution >= 0.6 is 0 Å². The summed E-state index contributed by atoms with van der Waals surface area (Å²) >= 11 is 0. The number of hydrogen-bond donors (Lipinski definition) is 0. The van der Waals surface area contributed by atoms with Crippen molar-refractivity contribution >= 4 is 5.91 Å². The molecule has 0 atom stereocenters. The predicted molar refractivity (Wildman–Crippen MR) is 90.7 cm³/mol. The Bertz CT molecular complexity index is 777. The summed E-state index contributed by atoms with van der Waals surface area (Å²) in [7, 11) is 1.66. The zero-order valence-electron chi connectivity index (χ0n) is 14.0. The molecule has 1 aliphatic rings. The summed E-state index contributed by atoms with van der Waals surface area (Å²) in [5.41, 5.74) is 2.17. The number of piperidine rings is 1. The van der Waals surface area contributed by atoms with Crippen molar-refractivity contribution in [2.45, 2.75) is 25.7 Å². The van der Waals surface area contributed by atoms with E-state index in [4.69, 9.17) is 0 Å². The molecule has 0 bridgehead atoms. The van der Waals surface area contributed by atoms with Gasteiger partial charge in [-0.1, -0.05) is 12.1 Å². The molecule has 1 aliphatic heterocycles. The first-order valence-electron chi connectivity index (χ1n) is 8.17. The maximum atomic E-state index is 13.0. The zero-order chi connectivity index (χ0) is 17.3. The van der Waals surface area contributed by atoms with Gasteiger partial charge in [-0.3, -0.25) is 9.59 Å². The van der Waals surface area contributed by atoms with Gasteiger partial charge in [0.05, 0.1) is 5.56 Å².